The predicted octanol–water partition coefficient (Wildman–Crippen LogP) is -0.637. The summed E-state index contributed by atoms with van der Waals surface area (Å²) >= 11 is 0. The molecule has 0 radical (unpaired) electrons. The Kier molecular flexibility index (Phi) is 3.85. The molecule has 1 aliphatic rings. The molecule has 1 aliphatic heterocycles. The van der Waals surface area contributed by atoms with Gasteiger partial charge in [0, 0.05) is 0 Å². The van der Waals surface area contributed by atoms with E-state index in [-0.39, 0.29) is 6.41 Å². The van der Waals surface area contributed by atoms with Crippen molar-refractivity contribution >= 4 is 24.9 Å². The zero-order valence-electron chi connectivity index (χ0n) is 4.52. The highest BCUT2D eigenvalue weighted by molar-refractivity contribution is 6.25. The van der Waals surface area contributed by atoms with Crippen LogP contribution in [0.25, 0.3) is 0 Å². The first kappa shape index (κ1) is 7.48. The van der Waals surface area contributed by atoms with E-state index in [2.05, 4.69) is 15.7 Å². The summed E-state index contributed by atoms with van der Waals surface area (Å²) in [5.41, 5.74) is 4.17. The molecule has 3 amide bonds. The Bertz CT molecular complexity index is 147. The van der Waals surface area contributed by atoms with Crippen LogP contribution in [0.2, 0.25) is 0 Å². The van der Waals surface area contributed by atoms with Gasteiger partial charge in [-0.3, -0.25) is 4.79 Å². The fraction of sp³-hybridized carbons (Fsp3) is 0. The molecule has 0 atom stereocenters. The number of hydrogen-bond donors (Lipinski definition) is 1. The molecular formula is C4H5N3O2. The molecule has 0 spiro atoms. The van der Waals surface area contributed by atoms with Crippen molar-refractivity contribution in [2.45, 2.75) is 0 Å². The summed E-state index contributed by atoms with van der Waals surface area (Å²) < 4.78 is 0. The zero-order chi connectivity index (χ0) is 7.11. The third-order valence-corrected chi connectivity index (χ3v) is 0.437. The number of aliphatic imine (C=N–C) groups is 2. The maximum atomic E-state index is 9.85. The lowest BCUT2D eigenvalue weighted by Gasteiger charge is -1.62. The standard InChI is InChI=1S/C3H2N2O.CH3NO/c6-3-4-1-2-5-3;2-1-3/h1-2H;1H,(H2,2,3). The van der Waals surface area contributed by atoms with E-state index in [1.54, 1.807) is 0 Å². The molecule has 2 N–H and O–H groups in total. The van der Waals surface area contributed by atoms with Crippen LogP contribution in [0, 0.1) is 0 Å². The van der Waals surface area contributed by atoms with Gasteiger partial charge in [0.2, 0.25) is 6.41 Å². The molecule has 0 saturated heterocycles. The van der Waals surface area contributed by atoms with E-state index in [9.17, 15) is 4.79 Å². The Morgan fingerprint density at radius 2 is 1.78 bits per heavy atom. The van der Waals surface area contributed by atoms with Crippen LogP contribution in [0.15, 0.2) is 9.98 Å². The average molecular weight is 127 g/mol. The summed E-state index contributed by atoms with van der Waals surface area (Å²) in [7, 11) is 0. The lowest BCUT2D eigenvalue weighted by Crippen LogP contribution is -1.82. The molecule has 48 valence electrons. The minimum Gasteiger partial charge on any atom is -0.372 e. The van der Waals surface area contributed by atoms with Crippen LogP contribution >= 0.6 is 0 Å². The third-order valence-electron chi connectivity index (χ3n) is 0.437. The van der Waals surface area contributed by atoms with E-state index >= 15 is 0 Å². The Labute approximate surface area is 51.3 Å². The Morgan fingerprint density at radius 1 is 1.44 bits per heavy atom. The summed E-state index contributed by atoms with van der Waals surface area (Å²) in [5, 5.41) is 0. The summed E-state index contributed by atoms with van der Waals surface area (Å²) in [6, 6.07) is -0.407. The number of primary amides is 1. The van der Waals surface area contributed by atoms with E-state index < -0.39 is 6.03 Å². The maximum absolute atomic E-state index is 9.85. The normalized spacial score (nSPS) is 12.7. The minimum atomic E-state index is -0.407. The fourth-order valence-electron chi connectivity index (χ4n) is 0.228. The van der Waals surface area contributed by atoms with E-state index in [0.29, 0.717) is 0 Å². The van der Waals surface area contributed by atoms with Crippen LogP contribution < -0.4 is 5.73 Å². The second-order valence-corrected chi connectivity index (χ2v) is 0.975. The van der Waals surface area contributed by atoms with Gasteiger partial charge >= 0.3 is 6.03 Å². The summed E-state index contributed by atoms with van der Waals surface area (Å²) in [6.07, 6.45) is 2.98. The number of nitrogens with zero attached hydrogens (tertiary/aromatic N) is 2. The van der Waals surface area contributed by atoms with E-state index in [1.165, 1.54) is 12.4 Å². The van der Waals surface area contributed by atoms with Gasteiger partial charge in [-0.25, -0.2) is 4.79 Å². The quantitative estimate of drug-likeness (QED) is 0.439. The second-order valence-electron chi connectivity index (χ2n) is 0.975. The minimum absolute atomic E-state index is 0.250. The Hall–Kier alpha value is -1.52. The van der Waals surface area contributed by atoms with Gasteiger partial charge < -0.3 is 5.73 Å². The Morgan fingerprint density at radius 3 is 1.89 bits per heavy atom. The molecule has 1 heterocycles. The molecule has 0 aromatic carbocycles. The molecule has 0 bridgehead atoms. The van der Waals surface area contributed by atoms with Crippen LogP contribution in [0.3, 0.4) is 0 Å². The van der Waals surface area contributed by atoms with E-state index in [4.69, 9.17) is 4.79 Å². The number of carbonyl (C=O) groups excluding carboxylic acids is 2. The van der Waals surface area contributed by atoms with Crippen LogP contribution in [0.1, 0.15) is 0 Å². The first-order valence-corrected chi connectivity index (χ1v) is 2.07. The van der Waals surface area contributed by atoms with Crippen molar-refractivity contribution in [2.24, 2.45) is 15.7 Å². The predicted molar refractivity (Wildman–Crippen MR) is 32.6 cm³/mol. The molecule has 0 aromatic rings. The topological polar surface area (TPSA) is 84.9 Å². The second kappa shape index (κ2) is 4.63. The van der Waals surface area contributed by atoms with E-state index in [0.717, 1.165) is 0 Å². The monoisotopic (exact) mass is 127 g/mol. The lowest BCUT2D eigenvalue weighted by atomic mass is 10.9. The Balaban J connectivity index is 0.000000187. The van der Waals surface area contributed by atoms with Crippen molar-refractivity contribution in [3.63, 3.8) is 0 Å². The van der Waals surface area contributed by atoms with Crippen LogP contribution in [-0.2, 0) is 4.79 Å². The summed E-state index contributed by atoms with van der Waals surface area (Å²) in [6.45, 7) is 0. The molecule has 0 aromatic heterocycles. The first-order chi connectivity index (χ1) is 4.31. The number of nitrogens with two attached hydrogens (primary N) is 1. The summed E-state index contributed by atoms with van der Waals surface area (Å²) in [5.74, 6) is 0. The highest BCUT2D eigenvalue weighted by Gasteiger charge is 1.91. The SMILES string of the molecule is NC=O.O=C1N=CC=N1. The fourth-order valence-corrected chi connectivity index (χ4v) is 0.228. The van der Waals surface area contributed by atoms with Gasteiger partial charge in [-0.2, -0.15) is 9.98 Å². The molecule has 0 fully saturated rings. The maximum Gasteiger partial charge on any atom is 0.367 e. The van der Waals surface area contributed by atoms with Crippen molar-refractivity contribution < 1.29 is 9.59 Å². The number of carbonyl (C=O) groups is 2. The van der Waals surface area contributed by atoms with Crippen LogP contribution in [0.4, 0.5) is 4.79 Å². The third kappa shape index (κ3) is 4.33. The molecule has 0 unspecified atom stereocenters. The molecular weight excluding hydrogens is 122 g/mol. The van der Waals surface area contributed by atoms with Gasteiger partial charge in [-0.15, -0.1) is 0 Å². The largest absolute Gasteiger partial charge is 0.372 e. The molecule has 5 nitrogen and oxygen atoms in total. The van der Waals surface area contributed by atoms with Crippen molar-refractivity contribution in [3.05, 3.63) is 0 Å². The van der Waals surface area contributed by atoms with Gasteiger partial charge in [0.05, 0.1) is 12.4 Å². The number of urea groups is 1. The number of hydrogen-bond acceptors (Lipinski definition) is 2. The van der Waals surface area contributed by atoms with Gasteiger partial charge in [-0.1, -0.05) is 0 Å². The smallest absolute Gasteiger partial charge is 0.367 e. The zero-order valence-corrected chi connectivity index (χ0v) is 4.52. The van der Waals surface area contributed by atoms with Gasteiger partial charge in [-0.05, 0) is 0 Å². The van der Waals surface area contributed by atoms with Crippen LogP contribution in [-0.4, -0.2) is 24.9 Å². The van der Waals surface area contributed by atoms with Crippen molar-refractivity contribution in [1.29, 1.82) is 0 Å². The van der Waals surface area contributed by atoms with Crippen LogP contribution in [0.5, 0.6) is 0 Å². The molecule has 5 heteroatoms. The van der Waals surface area contributed by atoms with Crippen molar-refractivity contribution in [3.8, 4) is 0 Å². The van der Waals surface area contributed by atoms with Gasteiger partial charge in [0.15, 0.2) is 0 Å². The average Bonchev–Trinajstić information content (AvgIpc) is 2.20. The molecule has 0 aliphatic carbocycles. The molecule has 1 rings (SSSR count). The van der Waals surface area contributed by atoms with Crippen molar-refractivity contribution in [2.75, 3.05) is 0 Å². The highest BCUT2D eigenvalue weighted by atomic mass is 16.2. The number of amides is 3. The van der Waals surface area contributed by atoms with E-state index in [1.807, 2.05) is 0 Å². The van der Waals surface area contributed by atoms with Crippen molar-refractivity contribution in [1.82, 2.24) is 0 Å². The number of rotatable bonds is 0. The summed E-state index contributed by atoms with van der Waals surface area (Å²) in [4.78, 5) is 24.9. The highest BCUT2D eigenvalue weighted by Crippen LogP contribution is 1.81. The molecule has 0 saturated carbocycles. The molecule has 9 heavy (non-hydrogen) atoms. The first-order valence-electron chi connectivity index (χ1n) is 2.07. The van der Waals surface area contributed by atoms with Gasteiger partial charge in [0.25, 0.3) is 0 Å². The van der Waals surface area contributed by atoms with Gasteiger partial charge in [0.1, 0.15) is 0 Å². The lowest BCUT2D eigenvalue weighted by molar-refractivity contribution is -0.106.